The number of aromatic nitrogens is 1. The van der Waals surface area contributed by atoms with E-state index >= 15 is 0 Å². The molecule has 0 saturated carbocycles. The zero-order valence-electron chi connectivity index (χ0n) is 8.00. The third-order valence-electron chi connectivity index (χ3n) is 1.59. The number of carbonyl (C=O) groups is 1. The van der Waals surface area contributed by atoms with Crippen LogP contribution in [0.15, 0.2) is 12.3 Å². The first kappa shape index (κ1) is 11.5. The van der Waals surface area contributed by atoms with E-state index in [1.165, 1.54) is 7.11 Å². The van der Waals surface area contributed by atoms with Crippen LogP contribution in [0, 0.1) is 11.8 Å². The Morgan fingerprint density at radius 3 is 2.87 bits per heavy atom. The van der Waals surface area contributed by atoms with E-state index in [1.807, 2.05) is 0 Å². The number of pyridine rings is 1. The second-order valence-corrected chi connectivity index (χ2v) is 2.59. The van der Waals surface area contributed by atoms with Crippen LogP contribution in [-0.4, -0.2) is 31.3 Å². The summed E-state index contributed by atoms with van der Waals surface area (Å²) >= 11 is 0. The lowest BCUT2D eigenvalue weighted by Gasteiger charge is -2.04. The first-order valence-corrected chi connectivity index (χ1v) is 4.13. The number of hydrogen-bond acceptors (Lipinski definition) is 4. The van der Waals surface area contributed by atoms with Crippen molar-refractivity contribution in [3.05, 3.63) is 29.6 Å². The first-order valence-electron chi connectivity index (χ1n) is 4.13. The van der Waals surface area contributed by atoms with Crippen LogP contribution in [-0.2, 0) is 9.47 Å². The minimum Gasteiger partial charge on any atom is -0.460 e. The van der Waals surface area contributed by atoms with Crippen LogP contribution in [0.25, 0.3) is 0 Å². The summed E-state index contributed by atoms with van der Waals surface area (Å²) in [4.78, 5) is 14.2. The first-order chi connectivity index (χ1) is 7.16. The molecule has 0 aliphatic heterocycles. The number of nitrogens with zero attached hydrogens (tertiary/aromatic N) is 1. The summed E-state index contributed by atoms with van der Waals surface area (Å²) in [5.74, 6) is -3.57. The lowest BCUT2D eigenvalue weighted by atomic mass is 10.2. The fraction of sp³-hybridized carbons (Fsp3) is 0.333. The molecule has 6 heteroatoms. The molecule has 0 aromatic carbocycles. The highest BCUT2D eigenvalue weighted by Crippen LogP contribution is 2.09. The van der Waals surface area contributed by atoms with E-state index in [0.29, 0.717) is 0 Å². The van der Waals surface area contributed by atoms with Crippen LogP contribution < -0.4 is 0 Å². The summed E-state index contributed by atoms with van der Waals surface area (Å²) in [6.07, 6.45) is 0.991. The molecule has 0 radical (unpaired) electrons. The smallest absolute Gasteiger partial charge is 0.341 e. The van der Waals surface area contributed by atoms with Crippen molar-refractivity contribution in [3.8, 4) is 0 Å². The van der Waals surface area contributed by atoms with Gasteiger partial charge in [-0.25, -0.2) is 14.2 Å². The highest BCUT2D eigenvalue weighted by Gasteiger charge is 2.16. The molecule has 0 fully saturated rings. The Kier molecular flexibility index (Phi) is 4.11. The summed E-state index contributed by atoms with van der Waals surface area (Å²) in [7, 11) is 1.43. The summed E-state index contributed by atoms with van der Waals surface area (Å²) < 4.78 is 34.8. The highest BCUT2D eigenvalue weighted by molar-refractivity contribution is 5.89. The van der Waals surface area contributed by atoms with Gasteiger partial charge in [-0.15, -0.1) is 0 Å². The Morgan fingerprint density at radius 2 is 2.20 bits per heavy atom. The topological polar surface area (TPSA) is 48.4 Å². The quantitative estimate of drug-likeness (QED) is 0.431. The van der Waals surface area contributed by atoms with Crippen molar-refractivity contribution in [1.29, 1.82) is 0 Å². The number of hydrogen-bond donors (Lipinski definition) is 0. The van der Waals surface area contributed by atoms with Gasteiger partial charge in [-0.3, -0.25) is 0 Å². The molecule has 1 rings (SSSR count). The van der Waals surface area contributed by atoms with E-state index in [-0.39, 0.29) is 13.2 Å². The van der Waals surface area contributed by atoms with Crippen LogP contribution in [0.5, 0.6) is 0 Å². The fourth-order valence-electron chi connectivity index (χ4n) is 0.871. The molecule has 0 unspecified atom stereocenters. The number of carbonyl (C=O) groups excluding carboxylic acids is 1. The standard InChI is InChI=1S/C9H9F2NO3/c1-14-4-5-15-9(13)6-2-3-12-8(11)7(6)10/h2-3H,4-5H2,1H3. The molecule has 4 nitrogen and oxygen atoms in total. The SMILES string of the molecule is COCCOC(=O)c1ccnc(F)c1F. The Hall–Kier alpha value is -1.56. The second-order valence-electron chi connectivity index (χ2n) is 2.59. The van der Waals surface area contributed by atoms with E-state index in [9.17, 15) is 13.6 Å². The fourth-order valence-corrected chi connectivity index (χ4v) is 0.871. The molecule has 0 saturated heterocycles. The van der Waals surface area contributed by atoms with E-state index in [2.05, 4.69) is 14.5 Å². The van der Waals surface area contributed by atoms with Crippen molar-refractivity contribution >= 4 is 5.97 Å². The Morgan fingerprint density at radius 1 is 1.47 bits per heavy atom. The molecule has 15 heavy (non-hydrogen) atoms. The van der Waals surface area contributed by atoms with Crippen LogP contribution in [0.2, 0.25) is 0 Å². The molecule has 0 atom stereocenters. The van der Waals surface area contributed by atoms with Gasteiger partial charge < -0.3 is 9.47 Å². The monoisotopic (exact) mass is 217 g/mol. The zero-order chi connectivity index (χ0) is 11.3. The minimum absolute atomic E-state index is 0.0152. The maximum atomic E-state index is 13.0. The maximum absolute atomic E-state index is 13.0. The van der Waals surface area contributed by atoms with Crippen molar-refractivity contribution in [2.75, 3.05) is 20.3 Å². The molecule has 1 aromatic rings. The number of ether oxygens (including phenoxy) is 2. The largest absolute Gasteiger partial charge is 0.460 e. The van der Waals surface area contributed by atoms with Gasteiger partial charge in [-0.05, 0) is 6.07 Å². The molecular weight excluding hydrogens is 208 g/mol. The Bertz CT molecular complexity index is 357. The molecule has 0 spiro atoms. The van der Waals surface area contributed by atoms with E-state index in [1.54, 1.807) is 0 Å². The number of rotatable bonds is 4. The van der Waals surface area contributed by atoms with Gasteiger partial charge in [0, 0.05) is 13.3 Å². The highest BCUT2D eigenvalue weighted by atomic mass is 19.2. The van der Waals surface area contributed by atoms with Gasteiger partial charge in [0.05, 0.1) is 6.61 Å². The molecule has 0 bridgehead atoms. The Balaban J connectivity index is 2.69. The number of methoxy groups -OCH3 is 1. The van der Waals surface area contributed by atoms with Gasteiger partial charge in [0.2, 0.25) is 5.95 Å². The van der Waals surface area contributed by atoms with Crippen molar-refractivity contribution in [1.82, 2.24) is 4.98 Å². The van der Waals surface area contributed by atoms with Crippen LogP contribution in [0.1, 0.15) is 10.4 Å². The van der Waals surface area contributed by atoms with Gasteiger partial charge in [0.25, 0.3) is 0 Å². The van der Waals surface area contributed by atoms with Crippen molar-refractivity contribution in [3.63, 3.8) is 0 Å². The molecule has 1 heterocycles. The maximum Gasteiger partial charge on any atom is 0.341 e. The summed E-state index contributed by atoms with van der Waals surface area (Å²) in [6.45, 7) is 0.180. The molecule has 0 aliphatic carbocycles. The van der Waals surface area contributed by atoms with Crippen LogP contribution in [0.4, 0.5) is 8.78 Å². The third-order valence-corrected chi connectivity index (χ3v) is 1.59. The normalized spacial score (nSPS) is 10.1. The van der Waals surface area contributed by atoms with E-state index in [4.69, 9.17) is 0 Å². The van der Waals surface area contributed by atoms with Crippen molar-refractivity contribution in [2.24, 2.45) is 0 Å². The lowest BCUT2D eigenvalue weighted by Crippen LogP contribution is -2.12. The predicted octanol–water partition coefficient (Wildman–Crippen LogP) is 1.16. The van der Waals surface area contributed by atoms with Crippen LogP contribution >= 0.6 is 0 Å². The zero-order valence-corrected chi connectivity index (χ0v) is 8.00. The Labute approximate surface area is 84.8 Å². The lowest BCUT2D eigenvalue weighted by molar-refractivity contribution is 0.0381. The van der Waals surface area contributed by atoms with Gasteiger partial charge in [0.15, 0.2) is 5.82 Å². The van der Waals surface area contributed by atoms with Crippen LogP contribution in [0.3, 0.4) is 0 Å². The van der Waals surface area contributed by atoms with E-state index < -0.39 is 23.3 Å². The number of halogens is 2. The summed E-state index contributed by atoms with van der Waals surface area (Å²) in [6, 6.07) is 1.05. The van der Waals surface area contributed by atoms with Gasteiger partial charge in [-0.1, -0.05) is 0 Å². The van der Waals surface area contributed by atoms with Gasteiger partial charge in [-0.2, -0.15) is 4.39 Å². The third kappa shape index (κ3) is 2.95. The molecule has 1 aromatic heterocycles. The average Bonchev–Trinajstić information content (AvgIpc) is 2.22. The van der Waals surface area contributed by atoms with Crippen molar-refractivity contribution < 1.29 is 23.0 Å². The molecule has 0 aliphatic rings. The summed E-state index contributed by atoms with van der Waals surface area (Å²) in [5, 5.41) is 0. The van der Waals surface area contributed by atoms with E-state index in [0.717, 1.165) is 12.3 Å². The van der Waals surface area contributed by atoms with Crippen molar-refractivity contribution in [2.45, 2.75) is 0 Å². The second kappa shape index (κ2) is 5.35. The molecule has 82 valence electrons. The number of esters is 1. The predicted molar refractivity (Wildman–Crippen MR) is 46.3 cm³/mol. The molecule has 0 amide bonds. The summed E-state index contributed by atoms with van der Waals surface area (Å²) in [5.41, 5.74) is -0.474. The average molecular weight is 217 g/mol. The molecule has 0 N–H and O–H groups in total. The molecular formula is C9H9F2NO3. The minimum atomic E-state index is -1.32. The van der Waals surface area contributed by atoms with Gasteiger partial charge >= 0.3 is 5.97 Å². The van der Waals surface area contributed by atoms with Gasteiger partial charge in [0.1, 0.15) is 12.2 Å².